The summed E-state index contributed by atoms with van der Waals surface area (Å²) >= 11 is 1.72. The second-order valence-corrected chi connectivity index (χ2v) is 14.4. The summed E-state index contributed by atoms with van der Waals surface area (Å²) in [5.41, 5.74) is 5.29. The number of nitrogens with one attached hydrogen (secondary N) is 1. The van der Waals surface area contributed by atoms with Gasteiger partial charge in [-0.15, -0.1) is 27.5 Å². The molecule has 3 aromatic carbocycles. The van der Waals surface area contributed by atoms with Crippen LogP contribution in [0.15, 0.2) is 66.0 Å². The second kappa shape index (κ2) is 11.8. The summed E-state index contributed by atoms with van der Waals surface area (Å²) < 4.78 is 36.6. The van der Waals surface area contributed by atoms with Crippen LogP contribution >= 0.6 is 11.3 Å². The second-order valence-electron chi connectivity index (χ2n) is 11.4. The van der Waals surface area contributed by atoms with E-state index in [1.807, 2.05) is 50.2 Å². The van der Waals surface area contributed by atoms with Gasteiger partial charge in [-0.25, -0.2) is 8.42 Å². The lowest BCUT2D eigenvalue weighted by atomic mass is 9.96. The highest BCUT2D eigenvalue weighted by Crippen LogP contribution is 2.38. The van der Waals surface area contributed by atoms with E-state index in [0.29, 0.717) is 25.5 Å². The maximum absolute atomic E-state index is 11.6. The molecule has 3 heterocycles. The van der Waals surface area contributed by atoms with Crippen molar-refractivity contribution < 1.29 is 17.9 Å². The van der Waals surface area contributed by atoms with Gasteiger partial charge in [0.1, 0.15) is 18.1 Å². The average molecular weight is 613 g/mol. The lowest BCUT2D eigenvalue weighted by molar-refractivity contribution is 0.188. The number of hydrogen-bond acceptors (Lipinski definition) is 8. The molecule has 1 atom stereocenters. The summed E-state index contributed by atoms with van der Waals surface area (Å²) in [5.74, 6) is 8.77. The Hall–Kier alpha value is -4.20. The third-order valence-corrected chi connectivity index (χ3v) is 10.9. The van der Waals surface area contributed by atoms with Crippen LogP contribution in [-0.4, -0.2) is 47.2 Å². The first-order chi connectivity index (χ1) is 20.7. The molecule has 1 saturated heterocycles. The highest BCUT2D eigenvalue weighted by Gasteiger charge is 2.45. The molecule has 1 fully saturated rings. The van der Waals surface area contributed by atoms with Crippen molar-refractivity contribution in [2.75, 3.05) is 18.1 Å². The average Bonchev–Trinajstić information content (AvgIpc) is 3.64. The van der Waals surface area contributed by atoms with Crippen LogP contribution in [0.2, 0.25) is 0 Å². The standard InChI is InChI=1S/C33H32N4O4S2/c1-4-5-25(16-32-34-36-37-35-32)24-7-9-26(10-8-24)40-17-23-6-13-31-29(15-23)30(18-42-31)28-12-11-27(14-22(28)2)41-19-33(3)20-43(38,39)21-33/h6-15,18,25H,16-17,19-21H2,1-3H3,(H,34,35,36,37). The van der Waals surface area contributed by atoms with Gasteiger partial charge in [-0.3, -0.25) is 0 Å². The van der Waals surface area contributed by atoms with Crippen molar-refractivity contribution in [3.05, 3.63) is 88.6 Å². The lowest BCUT2D eigenvalue weighted by Gasteiger charge is -2.37. The Balaban J connectivity index is 1.13. The third-order valence-electron chi connectivity index (χ3n) is 7.63. The van der Waals surface area contributed by atoms with Gasteiger partial charge in [-0.05, 0) is 77.9 Å². The molecule has 0 saturated carbocycles. The van der Waals surface area contributed by atoms with Crippen LogP contribution in [0.25, 0.3) is 21.2 Å². The first-order valence-corrected chi connectivity index (χ1v) is 16.7. The van der Waals surface area contributed by atoms with E-state index in [9.17, 15) is 8.42 Å². The number of benzene rings is 3. The largest absolute Gasteiger partial charge is 0.493 e. The van der Waals surface area contributed by atoms with Crippen LogP contribution in [0.3, 0.4) is 0 Å². The minimum atomic E-state index is -2.90. The van der Waals surface area contributed by atoms with Crippen LogP contribution in [0.4, 0.5) is 0 Å². The molecule has 0 amide bonds. The van der Waals surface area contributed by atoms with Crippen molar-refractivity contribution >= 4 is 31.3 Å². The molecule has 1 aliphatic heterocycles. The summed E-state index contributed by atoms with van der Waals surface area (Å²) in [5, 5.41) is 17.6. The molecule has 43 heavy (non-hydrogen) atoms. The number of H-pyrrole nitrogens is 1. The molecule has 0 bridgehead atoms. The summed E-state index contributed by atoms with van der Waals surface area (Å²) in [6.07, 6.45) is 0.585. The topological polar surface area (TPSA) is 107 Å². The molecule has 1 aliphatic rings. The zero-order valence-corrected chi connectivity index (χ0v) is 25.9. The number of tetrazole rings is 1. The fourth-order valence-corrected chi connectivity index (χ4v) is 8.75. The van der Waals surface area contributed by atoms with E-state index in [1.54, 1.807) is 11.3 Å². The summed E-state index contributed by atoms with van der Waals surface area (Å²) in [7, 11) is -2.90. The Bertz CT molecular complexity index is 1910. The Kier molecular flexibility index (Phi) is 7.95. The van der Waals surface area contributed by atoms with Crippen molar-refractivity contribution in [2.45, 2.75) is 39.7 Å². The van der Waals surface area contributed by atoms with E-state index < -0.39 is 9.84 Å². The van der Waals surface area contributed by atoms with E-state index in [4.69, 9.17) is 9.47 Å². The van der Waals surface area contributed by atoms with Gasteiger partial charge in [0.2, 0.25) is 0 Å². The number of rotatable bonds is 10. The molecule has 8 nitrogen and oxygen atoms in total. The van der Waals surface area contributed by atoms with Crippen LogP contribution < -0.4 is 9.47 Å². The van der Waals surface area contributed by atoms with Gasteiger partial charge in [0.25, 0.3) is 0 Å². The van der Waals surface area contributed by atoms with Crippen molar-refractivity contribution in [3.63, 3.8) is 0 Å². The Morgan fingerprint density at radius 3 is 2.51 bits per heavy atom. The van der Waals surface area contributed by atoms with Crippen molar-refractivity contribution in [2.24, 2.45) is 5.41 Å². The zero-order chi connectivity index (χ0) is 30.0. The van der Waals surface area contributed by atoms with Gasteiger partial charge in [0.15, 0.2) is 15.7 Å². The summed E-state index contributed by atoms with van der Waals surface area (Å²) in [4.78, 5) is 0. The number of sulfone groups is 1. The zero-order valence-electron chi connectivity index (χ0n) is 24.3. The number of thiophene rings is 1. The first kappa shape index (κ1) is 28.9. The molecule has 2 aromatic heterocycles. The normalized spacial score (nSPS) is 15.7. The smallest absolute Gasteiger partial charge is 0.176 e. The van der Waals surface area contributed by atoms with Crippen LogP contribution in [0.1, 0.15) is 42.3 Å². The SMILES string of the molecule is CC#CC(Cc1nn[nH]n1)c1ccc(OCc2ccc3scc(-c4ccc(OCC5(C)CS(=O)(=O)C5)cc4C)c3c2)cc1. The lowest BCUT2D eigenvalue weighted by Crippen LogP contribution is -2.50. The highest BCUT2D eigenvalue weighted by atomic mass is 32.2. The highest BCUT2D eigenvalue weighted by molar-refractivity contribution is 7.92. The Morgan fingerprint density at radius 1 is 1.02 bits per heavy atom. The Morgan fingerprint density at radius 2 is 1.81 bits per heavy atom. The van der Waals surface area contributed by atoms with Crippen molar-refractivity contribution in [1.82, 2.24) is 20.6 Å². The number of aromatic nitrogens is 4. The number of hydrogen-bond donors (Lipinski definition) is 1. The van der Waals surface area contributed by atoms with Gasteiger partial charge >= 0.3 is 0 Å². The fourth-order valence-electron chi connectivity index (χ4n) is 5.60. The first-order valence-electron chi connectivity index (χ1n) is 14.0. The van der Waals surface area contributed by atoms with Gasteiger partial charge < -0.3 is 9.47 Å². The van der Waals surface area contributed by atoms with Crippen LogP contribution in [-0.2, 0) is 22.9 Å². The summed E-state index contributed by atoms with van der Waals surface area (Å²) in [6.45, 7) is 6.71. The minimum absolute atomic E-state index is 0.0231. The maximum Gasteiger partial charge on any atom is 0.176 e. The van der Waals surface area contributed by atoms with Crippen molar-refractivity contribution in [3.8, 4) is 34.5 Å². The minimum Gasteiger partial charge on any atom is -0.493 e. The van der Waals surface area contributed by atoms with E-state index >= 15 is 0 Å². The van der Waals surface area contributed by atoms with Crippen LogP contribution in [0.5, 0.6) is 11.5 Å². The van der Waals surface area contributed by atoms with Gasteiger partial charge in [0.05, 0.1) is 24.0 Å². The van der Waals surface area contributed by atoms with Crippen molar-refractivity contribution in [1.29, 1.82) is 0 Å². The molecule has 0 aliphatic carbocycles. The van der Waals surface area contributed by atoms with Gasteiger partial charge in [0, 0.05) is 27.5 Å². The molecule has 10 heteroatoms. The Labute approximate surface area is 255 Å². The molecule has 220 valence electrons. The number of fused-ring (bicyclic) bond motifs is 1. The predicted octanol–water partition coefficient (Wildman–Crippen LogP) is 6.13. The van der Waals surface area contributed by atoms with E-state index in [0.717, 1.165) is 33.8 Å². The number of ether oxygens (including phenoxy) is 2. The summed E-state index contributed by atoms with van der Waals surface area (Å²) in [6, 6.07) is 20.6. The number of aryl methyl sites for hydroxylation is 1. The number of aromatic amines is 1. The van der Waals surface area contributed by atoms with E-state index in [-0.39, 0.29) is 22.8 Å². The predicted molar refractivity (Wildman–Crippen MR) is 169 cm³/mol. The number of nitrogens with zero attached hydrogens (tertiary/aromatic N) is 3. The quantitative estimate of drug-likeness (QED) is 0.189. The van der Waals surface area contributed by atoms with Crippen LogP contribution in [0, 0.1) is 24.2 Å². The fraction of sp³-hybridized carbons (Fsp3) is 0.303. The van der Waals surface area contributed by atoms with Gasteiger partial charge in [-0.2, -0.15) is 5.21 Å². The molecule has 5 aromatic rings. The van der Waals surface area contributed by atoms with Gasteiger partial charge in [-0.1, -0.05) is 42.3 Å². The maximum atomic E-state index is 11.6. The monoisotopic (exact) mass is 612 g/mol. The van der Waals surface area contributed by atoms with E-state index in [1.165, 1.54) is 15.6 Å². The molecule has 1 unspecified atom stereocenters. The molecule has 6 rings (SSSR count). The molecule has 0 spiro atoms. The molecule has 1 N–H and O–H groups in total. The molecule has 0 radical (unpaired) electrons. The van der Waals surface area contributed by atoms with E-state index in [2.05, 4.69) is 69.0 Å². The third kappa shape index (κ3) is 6.58. The molecular formula is C33H32N4O4S2. The molecular weight excluding hydrogens is 581 g/mol.